The summed E-state index contributed by atoms with van der Waals surface area (Å²) in [4.78, 5) is 0. The Bertz CT molecular complexity index is 504. The molecule has 0 bridgehead atoms. The molecule has 17 heavy (non-hydrogen) atoms. The number of anilines is 1. The molecule has 0 saturated carbocycles. The van der Waals surface area contributed by atoms with E-state index in [1.165, 1.54) is 23.2 Å². The van der Waals surface area contributed by atoms with Crippen LogP contribution in [0.1, 0.15) is 36.4 Å². The number of para-hydroxylation sites is 1. The van der Waals surface area contributed by atoms with Crippen molar-refractivity contribution in [3.8, 4) is 0 Å². The average molecular weight is 223 g/mol. The second-order valence-corrected chi connectivity index (χ2v) is 4.83. The van der Waals surface area contributed by atoms with Gasteiger partial charge in [0.05, 0.1) is 6.04 Å². The van der Waals surface area contributed by atoms with Gasteiger partial charge in [0.1, 0.15) is 0 Å². The van der Waals surface area contributed by atoms with E-state index in [9.17, 15) is 0 Å². The predicted octanol–water partition coefficient (Wildman–Crippen LogP) is 4.35. The van der Waals surface area contributed by atoms with E-state index in [0.717, 1.165) is 0 Å². The molecule has 2 aromatic carbocycles. The summed E-state index contributed by atoms with van der Waals surface area (Å²) < 4.78 is 0. The van der Waals surface area contributed by atoms with Crippen LogP contribution < -0.4 is 5.32 Å². The van der Waals surface area contributed by atoms with Crippen LogP contribution in [0.5, 0.6) is 0 Å². The number of fused-ring (bicyclic) bond motifs is 1. The van der Waals surface area contributed by atoms with Crippen LogP contribution in [0, 0.1) is 0 Å². The van der Waals surface area contributed by atoms with Gasteiger partial charge in [0.25, 0.3) is 0 Å². The fraction of sp³-hybridized carbons (Fsp3) is 0.250. The normalized spacial score (nSPS) is 22.6. The SMILES string of the molecule is CC1CC(c2ccccc2)Nc2ccccc21. The van der Waals surface area contributed by atoms with Crippen LogP contribution in [0.3, 0.4) is 0 Å². The minimum Gasteiger partial charge on any atom is -0.378 e. The Morgan fingerprint density at radius 3 is 2.47 bits per heavy atom. The summed E-state index contributed by atoms with van der Waals surface area (Å²) in [5, 5.41) is 3.64. The first-order chi connectivity index (χ1) is 8.34. The van der Waals surface area contributed by atoms with E-state index in [1.807, 2.05) is 0 Å². The molecule has 3 rings (SSSR count). The summed E-state index contributed by atoms with van der Waals surface area (Å²) in [6.07, 6.45) is 1.17. The van der Waals surface area contributed by atoms with Gasteiger partial charge in [-0.05, 0) is 29.5 Å². The molecule has 1 heterocycles. The molecule has 0 aliphatic carbocycles. The fourth-order valence-corrected chi connectivity index (χ4v) is 2.69. The molecule has 2 aromatic rings. The monoisotopic (exact) mass is 223 g/mol. The minimum absolute atomic E-state index is 0.445. The first-order valence-corrected chi connectivity index (χ1v) is 6.25. The second kappa shape index (κ2) is 4.25. The van der Waals surface area contributed by atoms with Crippen molar-refractivity contribution in [1.29, 1.82) is 0 Å². The third kappa shape index (κ3) is 1.93. The smallest absolute Gasteiger partial charge is 0.0519 e. The molecular weight excluding hydrogens is 206 g/mol. The van der Waals surface area contributed by atoms with Crippen LogP contribution in [-0.2, 0) is 0 Å². The largest absolute Gasteiger partial charge is 0.378 e. The Hall–Kier alpha value is -1.76. The molecule has 0 fully saturated rings. The second-order valence-electron chi connectivity index (χ2n) is 4.83. The van der Waals surface area contributed by atoms with Crippen molar-refractivity contribution in [1.82, 2.24) is 0 Å². The maximum Gasteiger partial charge on any atom is 0.0519 e. The fourth-order valence-electron chi connectivity index (χ4n) is 2.69. The standard InChI is InChI=1S/C16H17N/c1-12-11-16(13-7-3-2-4-8-13)17-15-10-6-5-9-14(12)15/h2-10,12,16-17H,11H2,1H3. The molecule has 1 aliphatic heterocycles. The summed E-state index contributed by atoms with van der Waals surface area (Å²) in [5.41, 5.74) is 4.12. The van der Waals surface area contributed by atoms with Crippen molar-refractivity contribution >= 4 is 5.69 Å². The van der Waals surface area contributed by atoms with Crippen LogP contribution in [0.25, 0.3) is 0 Å². The summed E-state index contributed by atoms with van der Waals surface area (Å²) in [5.74, 6) is 0.623. The lowest BCUT2D eigenvalue weighted by Crippen LogP contribution is -2.20. The number of hydrogen-bond donors (Lipinski definition) is 1. The van der Waals surface area contributed by atoms with Crippen LogP contribution in [0.15, 0.2) is 54.6 Å². The summed E-state index contributed by atoms with van der Waals surface area (Å²) >= 11 is 0. The van der Waals surface area contributed by atoms with E-state index >= 15 is 0 Å². The lowest BCUT2D eigenvalue weighted by molar-refractivity contribution is 0.579. The number of benzene rings is 2. The molecule has 2 atom stereocenters. The van der Waals surface area contributed by atoms with E-state index < -0.39 is 0 Å². The van der Waals surface area contributed by atoms with Gasteiger partial charge in [-0.3, -0.25) is 0 Å². The molecule has 86 valence electrons. The minimum atomic E-state index is 0.445. The van der Waals surface area contributed by atoms with Gasteiger partial charge in [0, 0.05) is 5.69 Å². The third-order valence-electron chi connectivity index (χ3n) is 3.61. The van der Waals surface area contributed by atoms with Crippen molar-refractivity contribution in [3.05, 3.63) is 65.7 Å². The van der Waals surface area contributed by atoms with Gasteiger partial charge in [-0.15, -0.1) is 0 Å². The quantitative estimate of drug-likeness (QED) is 0.758. The average Bonchev–Trinajstić information content (AvgIpc) is 2.40. The zero-order valence-corrected chi connectivity index (χ0v) is 10.1. The number of nitrogens with one attached hydrogen (secondary N) is 1. The molecule has 1 heteroatoms. The molecule has 0 aromatic heterocycles. The summed E-state index contributed by atoms with van der Waals surface area (Å²) in [7, 11) is 0. The Labute approximate surface area is 102 Å². The van der Waals surface area contributed by atoms with E-state index in [1.54, 1.807) is 0 Å². The maximum atomic E-state index is 3.64. The van der Waals surface area contributed by atoms with E-state index in [2.05, 4.69) is 66.8 Å². The zero-order valence-electron chi connectivity index (χ0n) is 10.1. The van der Waals surface area contributed by atoms with Crippen molar-refractivity contribution < 1.29 is 0 Å². The van der Waals surface area contributed by atoms with Crippen LogP contribution in [0.4, 0.5) is 5.69 Å². The van der Waals surface area contributed by atoms with E-state index in [0.29, 0.717) is 12.0 Å². The van der Waals surface area contributed by atoms with Crippen LogP contribution in [-0.4, -0.2) is 0 Å². The molecule has 0 saturated heterocycles. The van der Waals surface area contributed by atoms with Gasteiger partial charge in [-0.25, -0.2) is 0 Å². The van der Waals surface area contributed by atoms with Crippen molar-refractivity contribution in [3.63, 3.8) is 0 Å². The first-order valence-electron chi connectivity index (χ1n) is 6.25. The molecule has 1 N–H and O–H groups in total. The Morgan fingerprint density at radius 1 is 0.941 bits per heavy atom. The zero-order chi connectivity index (χ0) is 11.7. The summed E-state index contributed by atoms with van der Waals surface area (Å²) in [6.45, 7) is 2.32. The lowest BCUT2D eigenvalue weighted by Gasteiger charge is -2.31. The van der Waals surface area contributed by atoms with Gasteiger partial charge in [-0.2, -0.15) is 0 Å². The van der Waals surface area contributed by atoms with Crippen molar-refractivity contribution in [2.24, 2.45) is 0 Å². The highest BCUT2D eigenvalue weighted by Crippen LogP contribution is 2.39. The molecule has 2 unspecified atom stereocenters. The molecule has 1 nitrogen and oxygen atoms in total. The van der Waals surface area contributed by atoms with Crippen molar-refractivity contribution in [2.75, 3.05) is 5.32 Å². The van der Waals surface area contributed by atoms with E-state index in [-0.39, 0.29) is 0 Å². The van der Waals surface area contributed by atoms with Crippen LogP contribution in [0.2, 0.25) is 0 Å². The number of rotatable bonds is 1. The maximum absolute atomic E-state index is 3.64. The highest BCUT2D eigenvalue weighted by molar-refractivity contribution is 5.56. The van der Waals surface area contributed by atoms with Gasteiger partial charge < -0.3 is 5.32 Å². The van der Waals surface area contributed by atoms with E-state index in [4.69, 9.17) is 0 Å². The molecule has 1 aliphatic rings. The molecule has 0 radical (unpaired) electrons. The molecular formula is C16H17N. The lowest BCUT2D eigenvalue weighted by atomic mass is 9.86. The predicted molar refractivity (Wildman–Crippen MR) is 72.3 cm³/mol. The summed E-state index contributed by atoms with van der Waals surface area (Å²) in [6, 6.07) is 19.8. The van der Waals surface area contributed by atoms with Gasteiger partial charge in [-0.1, -0.05) is 55.5 Å². The van der Waals surface area contributed by atoms with Gasteiger partial charge in [0.15, 0.2) is 0 Å². The third-order valence-corrected chi connectivity index (χ3v) is 3.61. The highest BCUT2D eigenvalue weighted by atomic mass is 14.9. The Morgan fingerprint density at radius 2 is 1.65 bits per heavy atom. The first kappa shape index (κ1) is 10.4. The topological polar surface area (TPSA) is 12.0 Å². The Balaban J connectivity index is 1.94. The molecule has 0 amide bonds. The van der Waals surface area contributed by atoms with Crippen molar-refractivity contribution in [2.45, 2.75) is 25.3 Å². The van der Waals surface area contributed by atoms with Gasteiger partial charge in [0.2, 0.25) is 0 Å². The highest BCUT2D eigenvalue weighted by Gasteiger charge is 2.23. The van der Waals surface area contributed by atoms with Gasteiger partial charge >= 0.3 is 0 Å². The molecule has 0 spiro atoms. The van der Waals surface area contributed by atoms with Crippen LogP contribution >= 0.6 is 0 Å². The number of hydrogen-bond acceptors (Lipinski definition) is 1. The Kier molecular flexibility index (Phi) is 2.60.